The van der Waals surface area contributed by atoms with Gasteiger partial charge in [-0.15, -0.1) is 0 Å². The Hall–Kier alpha value is -3.07. The van der Waals surface area contributed by atoms with Gasteiger partial charge in [0.15, 0.2) is 0 Å². The normalized spacial score (nSPS) is 16.8. The van der Waals surface area contributed by atoms with Crippen molar-refractivity contribution in [3.63, 3.8) is 0 Å². The maximum absolute atomic E-state index is 13.4. The van der Waals surface area contributed by atoms with Crippen molar-refractivity contribution in [1.29, 1.82) is 0 Å². The molecule has 1 amide bonds. The molecule has 0 bridgehead atoms. The zero-order valence-corrected chi connectivity index (χ0v) is 23.4. The minimum atomic E-state index is -4.84. The first kappa shape index (κ1) is 28.5. The van der Waals surface area contributed by atoms with Gasteiger partial charge >= 0.3 is 202 Å². The quantitative estimate of drug-likeness (QED) is 0.278. The van der Waals surface area contributed by atoms with Crippen LogP contribution in [0.25, 0.3) is 11.4 Å². The predicted octanol–water partition coefficient (Wildman–Crippen LogP) is 6.54. The molecule has 210 valence electrons. The molecule has 1 N–H and O–H groups in total. The first-order valence-electron chi connectivity index (χ1n) is 13.3. The van der Waals surface area contributed by atoms with Gasteiger partial charge in [0, 0.05) is 5.92 Å². The fourth-order valence-electron chi connectivity index (χ4n) is 4.44. The molecule has 5 rings (SSSR count). The molecule has 7 nitrogen and oxygen atoms in total. The van der Waals surface area contributed by atoms with Crippen molar-refractivity contribution in [1.82, 2.24) is 10.1 Å². The van der Waals surface area contributed by atoms with Crippen molar-refractivity contribution in [2.45, 2.75) is 77.1 Å². The molecule has 1 saturated carbocycles. The molecule has 3 aromatic rings. The van der Waals surface area contributed by atoms with Gasteiger partial charge in [-0.05, 0) is 12.8 Å². The standard InChI is InChI=1S/C29H30F3N3O4P/c1-4-6-23(36)35(16-18-8-11-19(12-9-18)24-33-25(39-34-24)20-13-14-20)22-15-21(10-7-17(22)3)26-38-27(40-26)28(37,5-2)29(30,31)32/h7-12,15,20,37H,4-6,13-14,16H2,1-3H3/q+1. The fourth-order valence-corrected chi connectivity index (χ4v) is 5.51. The predicted molar refractivity (Wildman–Crippen MR) is 147 cm³/mol. The molecule has 0 spiro atoms. The van der Waals surface area contributed by atoms with E-state index < -0.39 is 23.7 Å². The number of hydrogen-bond acceptors (Lipinski definition) is 6. The summed E-state index contributed by atoms with van der Waals surface area (Å²) in [6.45, 7) is 5.37. The zero-order chi connectivity index (χ0) is 28.7. The van der Waals surface area contributed by atoms with E-state index in [1.54, 1.807) is 17.0 Å². The Labute approximate surface area is 231 Å². The van der Waals surface area contributed by atoms with Gasteiger partial charge in [-0.3, -0.25) is 0 Å². The van der Waals surface area contributed by atoms with E-state index in [1.165, 1.54) is 6.92 Å². The second-order valence-corrected chi connectivity index (χ2v) is 11.2. The number of rotatable bonds is 10. The number of ether oxygens (including phenoxy) is 1. The second kappa shape index (κ2) is 11.1. The Bertz CT molecular complexity index is 1490. The van der Waals surface area contributed by atoms with Gasteiger partial charge < -0.3 is 4.52 Å². The van der Waals surface area contributed by atoms with Crippen LogP contribution >= 0.6 is 7.83 Å². The van der Waals surface area contributed by atoms with E-state index in [0.717, 1.165) is 29.5 Å². The van der Waals surface area contributed by atoms with Crippen molar-refractivity contribution in [3.05, 3.63) is 65.0 Å². The summed E-state index contributed by atoms with van der Waals surface area (Å²) in [4.78, 5) is 19.4. The molecule has 11 heteroatoms. The summed E-state index contributed by atoms with van der Waals surface area (Å²) in [5.41, 5.74) is 0.610. The summed E-state index contributed by atoms with van der Waals surface area (Å²) >= 11 is 0. The third kappa shape index (κ3) is 5.57. The number of halogens is 3. The summed E-state index contributed by atoms with van der Waals surface area (Å²) < 4.78 is 51.1. The number of aryl methyl sites for hydroxylation is 1. The number of nitrogens with zero attached hydrogens (tertiary/aromatic N) is 3. The summed E-state index contributed by atoms with van der Waals surface area (Å²) in [7, 11) is 0.167. The molecule has 1 aromatic heterocycles. The third-order valence-corrected chi connectivity index (χ3v) is 8.38. The topological polar surface area (TPSA) is 88.7 Å². The average Bonchev–Trinajstić information content (AvgIpc) is 3.63. The monoisotopic (exact) mass is 572 g/mol. The number of benzene rings is 2. The molecule has 0 radical (unpaired) electrons. The van der Waals surface area contributed by atoms with Crippen molar-refractivity contribution < 1.29 is 32.3 Å². The van der Waals surface area contributed by atoms with Crippen LogP contribution in [0.4, 0.5) is 18.9 Å². The summed E-state index contributed by atoms with van der Waals surface area (Å²) in [6.07, 6.45) is -2.23. The van der Waals surface area contributed by atoms with Crippen molar-refractivity contribution >= 4 is 30.4 Å². The molecule has 2 heterocycles. The van der Waals surface area contributed by atoms with Crippen LogP contribution in [-0.2, 0) is 16.1 Å². The number of amides is 1. The average molecular weight is 573 g/mol. The Morgan fingerprint density at radius 2 is 1.80 bits per heavy atom. The van der Waals surface area contributed by atoms with Crippen LogP contribution in [0.3, 0.4) is 0 Å². The number of aliphatic hydroxyl groups is 1. The SMILES string of the molecule is CCCC(=O)N(Cc1ccc(-c2noc(C3CC3)n2)cc1)c1cc(C2=[P+]=C(C(O)(CC)C(F)(F)F)O2)ccc1C. The van der Waals surface area contributed by atoms with Crippen LogP contribution in [0.15, 0.2) is 47.0 Å². The van der Waals surface area contributed by atoms with Crippen molar-refractivity contribution in [2.24, 2.45) is 0 Å². The van der Waals surface area contributed by atoms with Gasteiger partial charge in [-0.1, -0.05) is 0 Å². The van der Waals surface area contributed by atoms with E-state index >= 15 is 0 Å². The molecule has 1 aliphatic heterocycles. The molecule has 40 heavy (non-hydrogen) atoms. The van der Waals surface area contributed by atoms with Crippen LogP contribution in [0.5, 0.6) is 0 Å². The number of aromatic nitrogens is 2. The van der Waals surface area contributed by atoms with Crippen LogP contribution in [-0.4, -0.2) is 43.9 Å². The Balaban J connectivity index is 1.42. The molecule has 1 aliphatic carbocycles. The van der Waals surface area contributed by atoms with Gasteiger partial charge in [0.1, 0.15) is 0 Å². The Morgan fingerprint density at radius 1 is 1.12 bits per heavy atom. The van der Waals surface area contributed by atoms with E-state index in [-0.39, 0.29) is 13.7 Å². The van der Waals surface area contributed by atoms with Gasteiger partial charge in [-0.2, -0.15) is 0 Å². The van der Waals surface area contributed by atoms with Gasteiger partial charge in [0.05, 0.1) is 0 Å². The van der Waals surface area contributed by atoms with Crippen LogP contribution in [0, 0.1) is 6.92 Å². The molecule has 1 fully saturated rings. The number of hydrogen-bond donors (Lipinski definition) is 1. The number of alkyl halides is 3. The summed E-state index contributed by atoms with van der Waals surface area (Å²) in [6, 6.07) is 12.9. The molecule has 2 aromatic carbocycles. The van der Waals surface area contributed by atoms with Gasteiger partial charge in [0.25, 0.3) is 0 Å². The fraction of sp³-hybridized carbons (Fsp3) is 0.414. The third-order valence-electron chi connectivity index (χ3n) is 7.16. The first-order chi connectivity index (χ1) is 19.0. The molecule has 1 unspecified atom stereocenters. The second-order valence-electron chi connectivity index (χ2n) is 10.2. The molecule has 0 saturated heterocycles. The van der Waals surface area contributed by atoms with Crippen LogP contribution in [0.2, 0.25) is 0 Å². The first-order valence-corrected chi connectivity index (χ1v) is 14.2. The molecule has 1 atom stereocenters. The Morgan fingerprint density at radius 3 is 2.40 bits per heavy atom. The maximum atomic E-state index is 13.4. The van der Waals surface area contributed by atoms with E-state index in [1.807, 2.05) is 44.2 Å². The molecular formula is C29H30F3N3O4P+. The minimum absolute atomic E-state index is 0.0687. The van der Waals surface area contributed by atoms with E-state index in [2.05, 4.69) is 10.1 Å². The van der Waals surface area contributed by atoms with Crippen LogP contribution in [0.1, 0.15) is 74.5 Å². The van der Waals surface area contributed by atoms with Gasteiger partial charge in [-0.25, -0.2) is 0 Å². The summed E-state index contributed by atoms with van der Waals surface area (Å²) in [5.74, 6) is 1.50. The van der Waals surface area contributed by atoms with Crippen LogP contribution < -0.4 is 4.90 Å². The Kier molecular flexibility index (Phi) is 7.88. The number of carbonyl (C=O) groups is 1. The summed E-state index contributed by atoms with van der Waals surface area (Å²) in [5, 5.41) is 14.3. The van der Waals surface area contributed by atoms with Gasteiger partial charge in [0.2, 0.25) is 5.89 Å². The number of carbonyl (C=O) groups excluding carboxylic acids is 1. The van der Waals surface area contributed by atoms with Crippen molar-refractivity contribution in [2.75, 3.05) is 4.90 Å². The van der Waals surface area contributed by atoms with E-state index in [4.69, 9.17) is 9.26 Å². The van der Waals surface area contributed by atoms with E-state index in [9.17, 15) is 23.1 Å². The number of anilines is 1. The van der Waals surface area contributed by atoms with E-state index in [0.29, 0.717) is 53.7 Å². The zero-order valence-electron chi connectivity index (χ0n) is 22.5. The molecular weight excluding hydrogens is 542 g/mol. The van der Waals surface area contributed by atoms with Crippen molar-refractivity contribution in [3.8, 4) is 11.4 Å². The molecule has 2 aliphatic rings.